The van der Waals surface area contributed by atoms with Gasteiger partial charge >= 0.3 is 0 Å². The van der Waals surface area contributed by atoms with E-state index in [4.69, 9.17) is 4.74 Å². The SMILES string of the molecule is Cc1cnn(CCCNC(=O)c2cccc3c2OCC3)c1. The van der Waals surface area contributed by atoms with Crippen molar-refractivity contribution < 1.29 is 9.53 Å². The molecule has 0 aliphatic carbocycles. The summed E-state index contributed by atoms with van der Waals surface area (Å²) in [6.07, 6.45) is 5.57. The zero-order valence-electron chi connectivity index (χ0n) is 12.1. The molecule has 1 aromatic heterocycles. The molecular formula is C16H19N3O2. The minimum Gasteiger partial charge on any atom is -0.492 e. The topological polar surface area (TPSA) is 56.2 Å². The number of para-hydroxylation sites is 1. The molecule has 1 N–H and O–H groups in total. The van der Waals surface area contributed by atoms with E-state index >= 15 is 0 Å². The highest BCUT2D eigenvalue weighted by molar-refractivity contribution is 5.97. The van der Waals surface area contributed by atoms with E-state index in [1.807, 2.05) is 42.2 Å². The molecule has 0 atom stereocenters. The Morgan fingerprint density at radius 2 is 2.38 bits per heavy atom. The monoisotopic (exact) mass is 285 g/mol. The van der Waals surface area contributed by atoms with Crippen LogP contribution < -0.4 is 10.1 Å². The summed E-state index contributed by atoms with van der Waals surface area (Å²) in [5.41, 5.74) is 2.91. The van der Waals surface area contributed by atoms with Crippen molar-refractivity contribution in [3.8, 4) is 5.75 Å². The second-order valence-electron chi connectivity index (χ2n) is 5.28. The number of hydrogen-bond acceptors (Lipinski definition) is 3. The third-order valence-electron chi connectivity index (χ3n) is 3.57. The number of nitrogens with one attached hydrogen (secondary N) is 1. The van der Waals surface area contributed by atoms with Gasteiger partial charge in [-0.1, -0.05) is 12.1 Å². The average Bonchev–Trinajstić information content (AvgIpc) is 3.11. The van der Waals surface area contributed by atoms with E-state index in [9.17, 15) is 4.79 Å². The highest BCUT2D eigenvalue weighted by Crippen LogP contribution is 2.29. The lowest BCUT2D eigenvalue weighted by Gasteiger charge is -2.09. The first-order valence-electron chi connectivity index (χ1n) is 7.26. The fourth-order valence-electron chi connectivity index (χ4n) is 2.52. The quantitative estimate of drug-likeness (QED) is 0.854. The minimum atomic E-state index is -0.0644. The normalized spacial score (nSPS) is 12.8. The predicted molar refractivity (Wildman–Crippen MR) is 79.6 cm³/mol. The van der Waals surface area contributed by atoms with Crippen LogP contribution in [0.25, 0.3) is 0 Å². The van der Waals surface area contributed by atoms with Crippen LogP contribution in [0.1, 0.15) is 27.9 Å². The van der Waals surface area contributed by atoms with Gasteiger partial charge in [0.25, 0.3) is 5.91 Å². The van der Waals surface area contributed by atoms with Crippen LogP contribution in [0.15, 0.2) is 30.6 Å². The van der Waals surface area contributed by atoms with Crippen LogP contribution in [0.2, 0.25) is 0 Å². The summed E-state index contributed by atoms with van der Waals surface area (Å²) in [7, 11) is 0. The molecule has 2 heterocycles. The molecular weight excluding hydrogens is 266 g/mol. The van der Waals surface area contributed by atoms with Crippen molar-refractivity contribution in [3.63, 3.8) is 0 Å². The second kappa shape index (κ2) is 5.99. The van der Waals surface area contributed by atoms with Crippen molar-refractivity contribution in [3.05, 3.63) is 47.3 Å². The molecule has 0 fully saturated rings. The maximum Gasteiger partial charge on any atom is 0.255 e. The third kappa shape index (κ3) is 3.07. The fraction of sp³-hybridized carbons (Fsp3) is 0.375. The number of carbonyl (C=O) groups is 1. The summed E-state index contributed by atoms with van der Waals surface area (Å²) < 4.78 is 7.45. The first kappa shape index (κ1) is 13.7. The molecule has 1 aromatic carbocycles. The molecule has 0 unspecified atom stereocenters. The molecule has 1 amide bonds. The molecule has 5 heteroatoms. The highest BCUT2D eigenvalue weighted by atomic mass is 16.5. The van der Waals surface area contributed by atoms with E-state index in [1.54, 1.807) is 0 Å². The third-order valence-corrected chi connectivity index (χ3v) is 3.57. The molecule has 0 bridgehead atoms. The second-order valence-corrected chi connectivity index (χ2v) is 5.28. The van der Waals surface area contributed by atoms with E-state index in [0.29, 0.717) is 18.7 Å². The van der Waals surface area contributed by atoms with Gasteiger partial charge in [-0.25, -0.2) is 0 Å². The lowest BCUT2D eigenvalue weighted by atomic mass is 10.1. The van der Waals surface area contributed by atoms with Crippen molar-refractivity contribution >= 4 is 5.91 Å². The van der Waals surface area contributed by atoms with E-state index in [-0.39, 0.29) is 5.91 Å². The number of benzene rings is 1. The lowest BCUT2D eigenvalue weighted by Crippen LogP contribution is -2.25. The van der Waals surface area contributed by atoms with Crippen LogP contribution in [-0.4, -0.2) is 28.8 Å². The Morgan fingerprint density at radius 3 is 3.19 bits per heavy atom. The lowest BCUT2D eigenvalue weighted by molar-refractivity contribution is 0.0949. The molecule has 2 aromatic rings. The number of hydrogen-bond donors (Lipinski definition) is 1. The number of rotatable bonds is 5. The van der Waals surface area contributed by atoms with Crippen LogP contribution >= 0.6 is 0 Å². The summed E-state index contributed by atoms with van der Waals surface area (Å²) in [6, 6.07) is 5.74. The first-order valence-corrected chi connectivity index (χ1v) is 7.26. The molecule has 0 radical (unpaired) electrons. The van der Waals surface area contributed by atoms with Crippen molar-refractivity contribution in [1.29, 1.82) is 0 Å². The smallest absolute Gasteiger partial charge is 0.255 e. The maximum atomic E-state index is 12.2. The zero-order chi connectivity index (χ0) is 14.7. The van der Waals surface area contributed by atoms with Crippen LogP contribution in [0.4, 0.5) is 0 Å². The molecule has 0 saturated heterocycles. The van der Waals surface area contributed by atoms with Gasteiger partial charge in [0.2, 0.25) is 0 Å². The number of carbonyl (C=O) groups excluding carboxylic acids is 1. The van der Waals surface area contributed by atoms with Gasteiger partial charge in [0, 0.05) is 25.7 Å². The summed E-state index contributed by atoms with van der Waals surface area (Å²) >= 11 is 0. The number of amides is 1. The zero-order valence-corrected chi connectivity index (χ0v) is 12.1. The number of aromatic nitrogens is 2. The molecule has 1 aliphatic rings. The van der Waals surface area contributed by atoms with Crippen LogP contribution in [0.3, 0.4) is 0 Å². The molecule has 5 nitrogen and oxygen atoms in total. The predicted octanol–water partition coefficient (Wildman–Crippen LogP) is 1.95. The summed E-state index contributed by atoms with van der Waals surface area (Å²) in [6.45, 7) is 4.11. The Hall–Kier alpha value is -2.30. The minimum absolute atomic E-state index is 0.0644. The van der Waals surface area contributed by atoms with Gasteiger partial charge in [0.05, 0.1) is 18.4 Å². The molecule has 21 heavy (non-hydrogen) atoms. The van der Waals surface area contributed by atoms with E-state index in [0.717, 1.165) is 36.3 Å². The standard InChI is InChI=1S/C16H19N3O2/c1-12-10-18-19(11-12)8-3-7-17-16(20)14-5-2-4-13-6-9-21-15(13)14/h2,4-5,10-11H,3,6-9H2,1H3,(H,17,20). The average molecular weight is 285 g/mol. The van der Waals surface area contributed by atoms with Crippen molar-refractivity contribution in [2.75, 3.05) is 13.2 Å². The Morgan fingerprint density at radius 1 is 1.48 bits per heavy atom. The van der Waals surface area contributed by atoms with Gasteiger partial charge in [-0.2, -0.15) is 5.10 Å². The number of ether oxygens (including phenoxy) is 1. The Bertz CT molecular complexity index is 649. The van der Waals surface area contributed by atoms with Gasteiger partial charge in [-0.05, 0) is 30.5 Å². The molecule has 0 saturated carbocycles. The van der Waals surface area contributed by atoms with Crippen molar-refractivity contribution in [2.45, 2.75) is 26.3 Å². The Labute approximate surface area is 123 Å². The molecule has 3 rings (SSSR count). The maximum absolute atomic E-state index is 12.2. The highest BCUT2D eigenvalue weighted by Gasteiger charge is 2.19. The van der Waals surface area contributed by atoms with Crippen LogP contribution in [0, 0.1) is 6.92 Å². The molecule has 1 aliphatic heterocycles. The van der Waals surface area contributed by atoms with Gasteiger partial charge in [0.1, 0.15) is 5.75 Å². The molecule has 110 valence electrons. The number of aryl methyl sites for hydroxylation is 2. The van der Waals surface area contributed by atoms with Crippen LogP contribution in [-0.2, 0) is 13.0 Å². The Balaban J connectivity index is 1.52. The van der Waals surface area contributed by atoms with E-state index in [1.165, 1.54) is 0 Å². The van der Waals surface area contributed by atoms with Gasteiger partial charge in [-0.3, -0.25) is 9.48 Å². The summed E-state index contributed by atoms with van der Waals surface area (Å²) in [4.78, 5) is 12.2. The largest absolute Gasteiger partial charge is 0.492 e. The number of fused-ring (bicyclic) bond motifs is 1. The number of nitrogens with zero attached hydrogens (tertiary/aromatic N) is 2. The Kier molecular flexibility index (Phi) is 3.90. The van der Waals surface area contributed by atoms with Crippen molar-refractivity contribution in [2.24, 2.45) is 0 Å². The van der Waals surface area contributed by atoms with E-state index < -0.39 is 0 Å². The van der Waals surface area contributed by atoms with Gasteiger partial charge in [-0.15, -0.1) is 0 Å². The fourth-order valence-corrected chi connectivity index (χ4v) is 2.52. The molecule has 0 spiro atoms. The van der Waals surface area contributed by atoms with Gasteiger partial charge < -0.3 is 10.1 Å². The van der Waals surface area contributed by atoms with Gasteiger partial charge in [0.15, 0.2) is 0 Å². The van der Waals surface area contributed by atoms with Crippen molar-refractivity contribution in [1.82, 2.24) is 15.1 Å². The first-order chi connectivity index (χ1) is 10.2. The summed E-state index contributed by atoms with van der Waals surface area (Å²) in [5.74, 6) is 0.683. The summed E-state index contributed by atoms with van der Waals surface area (Å²) in [5, 5.41) is 7.17. The van der Waals surface area contributed by atoms with Crippen LogP contribution in [0.5, 0.6) is 5.75 Å². The van der Waals surface area contributed by atoms with E-state index in [2.05, 4.69) is 10.4 Å².